The average molecular weight is 812 g/mol. The van der Waals surface area contributed by atoms with Crippen LogP contribution in [0.3, 0.4) is 0 Å². The van der Waals surface area contributed by atoms with E-state index in [1.807, 2.05) is 0 Å². The van der Waals surface area contributed by atoms with Crippen molar-refractivity contribution in [3.05, 3.63) is 22.7 Å². The van der Waals surface area contributed by atoms with Gasteiger partial charge in [-0.3, -0.25) is 18.7 Å². The Bertz CT molecular complexity index is 1630. The van der Waals surface area contributed by atoms with Crippen LogP contribution in [0.25, 0.3) is 0 Å². The van der Waals surface area contributed by atoms with Gasteiger partial charge in [-0.25, -0.2) is 28.7 Å². The zero-order valence-electron chi connectivity index (χ0n) is 32.9. The number of thioether (sulfide) groups is 1. The Hall–Kier alpha value is -3.78. The minimum atomic E-state index is -4.61. The molecule has 1 fully saturated rings. The quantitative estimate of drug-likeness (QED) is 0.178. The molecule has 1 saturated heterocycles. The largest absolute Gasteiger partial charge is 0.509 e. The highest BCUT2D eigenvalue weighted by Gasteiger charge is 2.57. The maximum atomic E-state index is 16.8. The molecule has 2 rings (SSSR count). The van der Waals surface area contributed by atoms with Crippen molar-refractivity contribution < 1.29 is 65.9 Å². The molecule has 1 aliphatic heterocycles. The minimum Gasteiger partial charge on any atom is -0.468 e. The van der Waals surface area contributed by atoms with Crippen LogP contribution in [0.15, 0.2) is 17.1 Å². The highest BCUT2D eigenvalue weighted by molar-refractivity contribution is 8.00. The Labute approximate surface area is 317 Å². The SMILES string of the molecule is COC(=O)[C@H](C)NP(=O)(OC)N([C@@H]1S[C@@H](n2ccc(N(C(=O)OC(C)(C)C)C(=O)OC(C)(C)C)nc2=O)[C@@H](F)[C@@H]1OC(=O)OC(C)(C)C)[C@@H](C)C(=O)OC. The summed E-state index contributed by atoms with van der Waals surface area (Å²) in [6.07, 6.45) is -7.02. The van der Waals surface area contributed by atoms with Gasteiger partial charge in [0.25, 0.3) is 0 Å². The fraction of sp³-hybridized carbons (Fsp3) is 0.719. The number of anilines is 1. The highest BCUT2D eigenvalue weighted by Crippen LogP contribution is 2.57. The number of nitrogens with zero attached hydrogens (tertiary/aromatic N) is 4. The maximum absolute atomic E-state index is 16.8. The standard InChI is InChI=1S/C32H51FN5O14PS/c1-17(24(39)46-12)35-53(45,48-14)38(18(2)25(40)47-13)23-21(49-29(44)52-32(9,10)11)20(33)22(54-23)36-16-15-19(34-26(36)41)37(27(42)50-30(3,4)5)28(43)51-31(6,7)8/h15-18,20-23H,1-14H3,(H,35,45)/t17-,18-,20-,21-,22+,23+,53?/m0/s1. The van der Waals surface area contributed by atoms with Crippen LogP contribution in [-0.4, -0.2) is 112 Å². The third kappa shape index (κ3) is 12.1. The molecule has 0 radical (unpaired) electrons. The number of esters is 2. The number of amides is 2. The Kier molecular flexibility index (Phi) is 15.3. The highest BCUT2D eigenvalue weighted by atomic mass is 32.2. The fourth-order valence-corrected chi connectivity index (χ4v) is 8.81. The molecule has 1 N–H and O–H groups in total. The van der Waals surface area contributed by atoms with Gasteiger partial charge in [-0.15, -0.1) is 11.8 Å². The number of alkyl halides is 1. The molecule has 19 nitrogen and oxygen atoms in total. The number of carbonyl (C=O) groups excluding carboxylic acids is 5. The lowest BCUT2D eigenvalue weighted by Crippen LogP contribution is -2.52. The number of methoxy groups -OCH3 is 2. The second-order valence-corrected chi connectivity index (χ2v) is 18.2. The summed E-state index contributed by atoms with van der Waals surface area (Å²) in [5, 5.41) is -0.767. The molecular weight excluding hydrogens is 760 g/mol. The van der Waals surface area contributed by atoms with E-state index >= 15 is 4.39 Å². The molecule has 0 saturated carbocycles. The van der Waals surface area contributed by atoms with E-state index in [2.05, 4.69) is 10.1 Å². The lowest BCUT2D eigenvalue weighted by atomic mass is 10.2. The maximum Gasteiger partial charge on any atom is 0.509 e. The zero-order chi connectivity index (χ0) is 41.7. The second kappa shape index (κ2) is 17.8. The van der Waals surface area contributed by atoms with Crippen LogP contribution < -0.4 is 15.7 Å². The molecule has 2 amide bonds. The van der Waals surface area contributed by atoms with Crippen molar-refractivity contribution in [1.29, 1.82) is 0 Å². The van der Waals surface area contributed by atoms with E-state index in [4.69, 9.17) is 32.9 Å². The summed E-state index contributed by atoms with van der Waals surface area (Å²) in [6, 6.07) is -1.78. The Morgan fingerprint density at radius 1 is 0.889 bits per heavy atom. The summed E-state index contributed by atoms with van der Waals surface area (Å²) in [6.45, 7) is 16.4. The fourth-order valence-electron chi connectivity index (χ4n) is 4.72. The summed E-state index contributed by atoms with van der Waals surface area (Å²) >= 11 is 0.573. The number of ether oxygens (including phenoxy) is 6. The number of rotatable bonds is 11. The van der Waals surface area contributed by atoms with Crippen molar-refractivity contribution in [3.8, 4) is 0 Å². The van der Waals surface area contributed by atoms with Crippen LogP contribution in [0.4, 0.5) is 24.6 Å². The predicted octanol–water partition coefficient (Wildman–Crippen LogP) is 4.92. The topological polar surface area (TPSA) is 220 Å². The Morgan fingerprint density at radius 2 is 1.39 bits per heavy atom. The van der Waals surface area contributed by atoms with E-state index in [1.165, 1.54) is 34.6 Å². The number of nitrogens with one attached hydrogen (secondary N) is 1. The van der Waals surface area contributed by atoms with Crippen LogP contribution >= 0.6 is 19.4 Å². The molecule has 0 aromatic carbocycles. The number of aromatic nitrogens is 2. The lowest BCUT2D eigenvalue weighted by molar-refractivity contribution is -0.145. The first kappa shape index (κ1) is 46.4. The molecule has 0 spiro atoms. The number of carbonyl (C=O) groups is 5. The Morgan fingerprint density at radius 3 is 1.81 bits per heavy atom. The van der Waals surface area contributed by atoms with Crippen LogP contribution in [0.2, 0.25) is 0 Å². The van der Waals surface area contributed by atoms with Crippen molar-refractivity contribution in [2.75, 3.05) is 26.2 Å². The normalized spacial score (nSPS) is 21.3. The molecule has 306 valence electrons. The number of imide groups is 1. The van der Waals surface area contributed by atoms with E-state index in [-0.39, 0.29) is 0 Å². The first-order valence-electron chi connectivity index (χ1n) is 16.5. The molecule has 1 aromatic rings. The Balaban J connectivity index is 2.80. The van der Waals surface area contributed by atoms with Crippen molar-refractivity contribution >= 4 is 55.5 Å². The van der Waals surface area contributed by atoms with Crippen LogP contribution in [0.1, 0.15) is 81.5 Å². The summed E-state index contributed by atoms with van der Waals surface area (Å²) < 4.78 is 69.4. The third-order valence-corrected chi connectivity index (χ3v) is 11.0. The first-order chi connectivity index (χ1) is 24.6. The summed E-state index contributed by atoms with van der Waals surface area (Å²) in [5.41, 5.74) is -4.45. The zero-order valence-corrected chi connectivity index (χ0v) is 34.6. The van der Waals surface area contributed by atoms with Gasteiger partial charge in [-0.05, 0) is 82.2 Å². The van der Waals surface area contributed by atoms with Crippen LogP contribution in [-0.2, 0) is 47.1 Å². The molecule has 1 unspecified atom stereocenters. The molecule has 2 heterocycles. The van der Waals surface area contributed by atoms with Gasteiger partial charge in [0.2, 0.25) is 0 Å². The summed E-state index contributed by atoms with van der Waals surface area (Å²) in [5.74, 6) is -2.38. The number of hydrogen-bond acceptors (Lipinski definition) is 16. The molecule has 1 aromatic heterocycles. The van der Waals surface area contributed by atoms with E-state index < -0.39 is 101 Å². The molecule has 7 atom stereocenters. The van der Waals surface area contributed by atoms with Crippen LogP contribution in [0.5, 0.6) is 0 Å². The van der Waals surface area contributed by atoms with E-state index in [9.17, 15) is 33.3 Å². The van der Waals surface area contributed by atoms with Gasteiger partial charge < -0.3 is 32.9 Å². The summed E-state index contributed by atoms with van der Waals surface area (Å²) in [7, 11) is -1.49. The van der Waals surface area contributed by atoms with Gasteiger partial charge >= 0.3 is 43.6 Å². The van der Waals surface area contributed by atoms with E-state index in [0.717, 1.165) is 42.8 Å². The summed E-state index contributed by atoms with van der Waals surface area (Å²) in [4.78, 5) is 82.6. The van der Waals surface area contributed by atoms with Gasteiger partial charge in [-0.1, -0.05) is 0 Å². The van der Waals surface area contributed by atoms with Crippen molar-refractivity contribution in [2.45, 2.75) is 128 Å². The van der Waals surface area contributed by atoms with E-state index in [0.29, 0.717) is 16.7 Å². The lowest BCUT2D eigenvalue weighted by Gasteiger charge is -2.39. The van der Waals surface area contributed by atoms with Gasteiger partial charge in [0.05, 0.1) is 14.2 Å². The molecule has 22 heteroatoms. The van der Waals surface area contributed by atoms with E-state index in [1.54, 1.807) is 41.5 Å². The minimum absolute atomic E-state index is 0.400. The number of hydrogen-bond donors (Lipinski definition) is 1. The molecule has 0 bridgehead atoms. The second-order valence-electron chi connectivity index (χ2n) is 14.8. The smallest absolute Gasteiger partial charge is 0.468 e. The molecule has 1 aliphatic rings. The van der Waals surface area contributed by atoms with Crippen LogP contribution in [0, 0.1) is 0 Å². The van der Waals surface area contributed by atoms with Gasteiger partial charge in [0, 0.05) is 13.3 Å². The molecular formula is C32H51FN5O14PS. The number of halogens is 1. The van der Waals surface area contributed by atoms with Gasteiger partial charge in [-0.2, -0.15) is 14.6 Å². The van der Waals surface area contributed by atoms with Gasteiger partial charge in [0.15, 0.2) is 18.1 Å². The monoisotopic (exact) mass is 811 g/mol. The molecule has 54 heavy (non-hydrogen) atoms. The van der Waals surface area contributed by atoms with Crippen molar-refractivity contribution in [1.82, 2.24) is 19.3 Å². The van der Waals surface area contributed by atoms with Crippen molar-refractivity contribution in [3.63, 3.8) is 0 Å². The third-order valence-electron chi connectivity index (χ3n) is 6.90. The van der Waals surface area contributed by atoms with Gasteiger partial charge in [0.1, 0.15) is 39.6 Å². The molecule has 0 aliphatic carbocycles. The first-order valence-corrected chi connectivity index (χ1v) is 19.0. The predicted molar refractivity (Wildman–Crippen MR) is 192 cm³/mol. The average Bonchev–Trinajstić information content (AvgIpc) is 3.31. The van der Waals surface area contributed by atoms with Crippen molar-refractivity contribution in [2.24, 2.45) is 0 Å².